The van der Waals surface area contributed by atoms with Gasteiger partial charge in [-0.25, -0.2) is 0 Å². The number of rotatable bonds is 6. The van der Waals surface area contributed by atoms with Gasteiger partial charge in [0.05, 0.1) is 19.9 Å². The van der Waals surface area contributed by atoms with E-state index in [0.717, 1.165) is 22.6 Å². The van der Waals surface area contributed by atoms with Gasteiger partial charge in [0.2, 0.25) is 0 Å². The van der Waals surface area contributed by atoms with Crippen molar-refractivity contribution in [2.45, 2.75) is 0 Å². The molecule has 112 valence electrons. The molecule has 0 spiro atoms. The van der Waals surface area contributed by atoms with Crippen molar-refractivity contribution in [3.63, 3.8) is 0 Å². The van der Waals surface area contributed by atoms with Crippen LogP contribution in [-0.2, 0) is 12.4 Å². The van der Waals surface area contributed by atoms with Gasteiger partial charge in [-0.2, -0.15) is 4.36 Å². The zero-order valence-electron chi connectivity index (χ0n) is 12.4. The smallest absolute Gasteiger partial charge is 0.118 e. The fourth-order valence-corrected chi connectivity index (χ4v) is 2.23. The second-order valence-electron chi connectivity index (χ2n) is 4.40. The van der Waals surface area contributed by atoms with Crippen molar-refractivity contribution < 1.29 is 9.47 Å². The Labute approximate surface area is 135 Å². The quantitative estimate of drug-likeness (QED) is 0.599. The van der Waals surface area contributed by atoms with Crippen LogP contribution < -0.4 is 9.47 Å². The monoisotopic (exact) mass is 312 g/mol. The molecule has 0 heterocycles. The molecule has 0 aliphatic carbocycles. The SMILES string of the molecule is C=N/C(=C(/N=S)c1ccc(OC)cc1)c1ccc(OC)cc1. The molecule has 22 heavy (non-hydrogen) atoms. The summed E-state index contributed by atoms with van der Waals surface area (Å²) < 4.78 is 14.3. The molecule has 0 fully saturated rings. The lowest BCUT2D eigenvalue weighted by Gasteiger charge is -2.09. The summed E-state index contributed by atoms with van der Waals surface area (Å²) in [6.07, 6.45) is 0. The molecule has 2 aromatic carbocycles. The predicted octanol–water partition coefficient (Wildman–Crippen LogP) is 3.96. The Morgan fingerprint density at radius 3 is 1.55 bits per heavy atom. The highest BCUT2D eigenvalue weighted by Gasteiger charge is 2.10. The van der Waals surface area contributed by atoms with Gasteiger partial charge in [0.1, 0.15) is 17.2 Å². The zero-order chi connectivity index (χ0) is 15.9. The number of methoxy groups -OCH3 is 2. The molecule has 0 unspecified atom stereocenters. The minimum Gasteiger partial charge on any atom is -0.497 e. The Kier molecular flexibility index (Phi) is 5.38. The Bertz CT molecular complexity index is 630. The van der Waals surface area contributed by atoms with Crippen LogP contribution in [0.5, 0.6) is 11.5 Å². The van der Waals surface area contributed by atoms with Crippen LogP contribution in [0, 0.1) is 0 Å². The first-order valence-corrected chi connectivity index (χ1v) is 6.93. The molecule has 0 bridgehead atoms. The van der Waals surface area contributed by atoms with Crippen molar-refractivity contribution in [3.05, 3.63) is 59.7 Å². The molecule has 0 amide bonds. The third-order valence-corrected chi connectivity index (χ3v) is 3.38. The van der Waals surface area contributed by atoms with Gasteiger partial charge < -0.3 is 9.47 Å². The normalized spacial score (nSPS) is 11.4. The first-order valence-electron chi connectivity index (χ1n) is 6.56. The van der Waals surface area contributed by atoms with E-state index >= 15 is 0 Å². The highest BCUT2D eigenvalue weighted by Crippen LogP contribution is 2.30. The van der Waals surface area contributed by atoms with Crippen molar-refractivity contribution in [2.75, 3.05) is 14.2 Å². The van der Waals surface area contributed by atoms with Gasteiger partial charge in [0.25, 0.3) is 0 Å². The Hall–Kier alpha value is -2.53. The van der Waals surface area contributed by atoms with Gasteiger partial charge in [-0.15, -0.1) is 0 Å². The van der Waals surface area contributed by atoms with E-state index in [1.807, 2.05) is 48.5 Å². The lowest BCUT2D eigenvalue weighted by Crippen LogP contribution is -1.90. The van der Waals surface area contributed by atoms with E-state index in [0.29, 0.717) is 11.4 Å². The van der Waals surface area contributed by atoms with E-state index in [9.17, 15) is 0 Å². The van der Waals surface area contributed by atoms with Gasteiger partial charge in [0.15, 0.2) is 0 Å². The van der Waals surface area contributed by atoms with Crippen LogP contribution in [0.4, 0.5) is 0 Å². The first-order chi connectivity index (χ1) is 10.7. The summed E-state index contributed by atoms with van der Waals surface area (Å²) in [7, 11) is 3.25. The number of hydrogen-bond donors (Lipinski definition) is 0. The molecule has 0 atom stereocenters. The van der Waals surface area contributed by atoms with E-state index in [1.165, 1.54) is 0 Å². The van der Waals surface area contributed by atoms with Crippen molar-refractivity contribution in [3.8, 4) is 11.5 Å². The number of nitrogens with zero attached hydrogens (tertiary/aromatic N) is 2. The highest BCUT2D eigenvalue weighted by molar-refractivity contribution is 7.47. The molecule has 0 aromatic heterocycles. The van der Waals surface area contributed by atoms with E-state index in [2.05, 4.69) is 16.1 Å². The minimum atomic E-state index is 0.595. The molecule has 0 saturated heterocycles. The summed E-state index contributed by atoms with van der Waals surface area (Å²) in [5.41, 5.74) is 2.95. The molecular weight excluding hydrogens is 296 g/mol. The predicted molar refractivity (Wildman–Crippen MR) is 92.1 cm³/mol. The second kappa shape index (κ2) is 7.47. The molecule has 2 aromatic rings. The average Bonchev–Trinajstić information content (AvgIpc) is 2.60. The molecule has 5 heteroatoms. The molecule has 0 N–H and O–H groups in total. The molecule has 0 aliphatic heterocycles. The van der Waals surface area contributed by atoms with Crippen LogP contribution in [0.25, 0.3) is 11.4 Å². The first kappa shape index (κ1) is 15.9. The van der Waals surface area contributed by atoms with Crippen molar-refractivity contribution in [2.24, 2.45) is 9.36 Å². The summed E-state index contributed by atoms with van der Waals surface area (Å²) in [4.78, 5) is 4.10. The van der Waals surface area contributed by atoms with Crippen LogP contribution in [0.2, 0.25) is 0 Å². The van der Waals surface area contributed by atoms with Crippen LogP contribution in [0.15, 0.2) is 57.9 Å². The Balaban J connectivity index is 2.50. The van der Waals surface area contributed by atoms with Gasteiger partial charge in [-0.1, -0.05) is 0 Å². The third-order valence-electron chi connectivity index (χ3n) is 3.20. The summed E-state index contributed by atoms with van der Waals surface area (Å²) in [5, 5.41) is 0. The minimum absolute atomic E-state index is 0.595. The Morgan fingerprint density at radius 1 is 0.818 bits per heavy atom. The molecule has 0 aliphatic rings. The second-order valence-corrected chi connectivity index (χ2v) is 4.59. The van der Waals surface area contributed by atoms with Crippen molar-refractivity contribution in [1.82, 2.24) is 0 Å². The van der Waals surface area contributed by atoms with Crippen LogP contribution in [-0.4, -0.2) is 20.9 Å². The summed E-state index contributed by atoms with van der Waals surface area (Å²) in [6, 6.07) is 15.0. The maximum Gasteiger partial charge on any atom is 0.118 e. The van der Waals surface area contributed by atoms with Crippen LogP contribution in [0.3, 0.4) is 0 Å². The maximum absolute atomic E-state index is 5.16. The zero-order valence-corrected chi connectivity index (χ0v) is 13.3. The topological polar surface area (TPSA) is 43.2 Å². The standard InChI is InChI=1S/C17H16N2O2S/c1-18-16(12-4-8-14(20-2)9-5-12)17(19-22)13-6-10-15(21-3)11-7-13/h4-11H,1H2,2-3H3/b17-16+. The lowest BCUT2D eigenvalue weighted by molar-refractivity contribution is 0.414. The summed E-state index contributed by atoms with van der Waals surface area (Å²) in [5.74, 6) is 1.54. The fraction of sp³-hybridized carbons (Fsp3) is 0.118. The summed E-state index contributed by atoms with van der Waals surface area (Å²) in [6.45, 7) is 3.64. The van der Waals surface area contributed by atoms with E-state index in [1.54, 1.807) is 14.2 Å². The number of aliphatic imine (C=N–C) groups is 1. The largest absolute Gasteiger partial charge is 0.497 e. The van der Waals surface area contributed by atoms with Crippen molar-refractivity contribution in [1.29, 1.82) is 0 Å². The number of ether oxygens (including phenoxy) is 2. The van der Waals surface area contributed by atoms with E-state index < -0.39 is 0 Å². The average molecular weight is 312 g/mol. The van der Waals surface area contributed by atoms with Gasteiger partial charge >= 0.3 is 0 Å². The number of benzene rings is 2. The van der Waals surface area contributed by atoms with Gasteiger partial charge in [-0.05, 0) is 55.2 Å². The van der Waals surface area contributed by atoms with Gasteiger partial charge in [-0.3, -0.25) is 4.99 Å². The van der Waals surface area contributed by atoms with Crippen molar-refractivity contribution >= 4 is 30.5 Å². The lowest BCUT2D eigenvalue weighted by atomic mass is 10.1. The molecule has 4 nitrogen and oxygen atoms in total. The molecule has 0 radical (unpaired) electrons. The Morgan fingerprint density at radius 2 is 1.23 bits per heavy atom. The fourth-order valence-electron chi connectivity index (χ4n) is 2.03. The van der Waals surface area contributed by atoms with Crippen LogP contribution in [0.1, 0.15) is 11.1 Å². The van der Waals surface area contributed by atoms with E-state index in [-0.39, 0.29) is 0 Å². The number of hydrogen-bond acceptors (Lipinski definition) is 5. The maximum atomic E-state index is 5.16. The summed E-state index contributed by atoms with van der Waals surface area (Å²) >= 11 is 4.93. The third kappa shape index (κ3) is 3.38. The highest BCUT2D eigenvalue weighted by atomic mass is 32.1. The van der Waals surface area contributed by atoms with Crippen LogP contribution >= 0.6 is 0 Å². The molecule has 0 saturated carbocycles. The van der Waals surface area contributed by atoms with Gasteiger partial charge in [0, 0.05) is 23.6 Å². The van der Waals surface area contributed by atoms with E-state index in [4.69, 9.17) is 21.9 Å². The molecular formula is C17H16N2O2S. The molecule has 2 rings (SSSR count).